The largest absolute Gasteiger partial charge is 0.454 e. The molecule has 5 nitrogen and oxygen atoms in total. The summed E-state index contributed by atoms with van der Waals surface area (Å²) in [6, 6.07) is 13.5. The minimum atomic E-state index is -0.421. The maximum atomic E-state index is 13.1. The molecule has 0 N–H and O–H groups in total. The first-order chi connectivity index (χ1) is 13.6. The van der Waals surface area contributed by atoms with Crippen LogP contribution in [0.4, 0.5) is 0 Å². The van der Waals surface area contributed by atoms with Crippen LogP contribution in [0.5, 0.6) is 11.5 Å². The van der Waals surface area contributed by atoms with Crippen molar-refractivity contribution in [2.75, 3.05) is 6.79 Å². The van der Waals surface area contributed by atoms with Crippen molar-refractivity contribution in [2.24, 2.45) is 0 Å². The minimum Gasteiger partial charge on any atom is -0.454 e. The lowest BCUT2D eigenvalue weighted by Gasteiger charge is -2.14. The van der Waals surface area contributed by atoms with Gasteiger partial charge in [-0.25, -0.2) is 0 Å². The molecule has 1 aliphatic carbocycles. The highest BCUT2D eigenvalue weighted by atomic mass is 35.5. The van der Waals surface area contributed by atoms with Gasteiger partial charge in [-0.2, -0.15) is 0 Å². The number of Topliss-reactive ketones (excluding diaryl/α,β-unsaturated/α-hetero) is 1. The minimum absolute atomic E-state index is 0.187. The molecule has 3 aromatic rings. The van der Waals surface area contributed by atoms with Crippen molar-refractivity contribution < 1.29 is 14.3 Å². The third kappa shape index (κ3) is 3.16. The maximum absolute atomic E-state index is 13.1. The van der Waals surface area contributed by atoms with Crippen molar-refractivity contribution in [1.82, 2.24) is 10.2 Å². The highest BCUT2D eigenvalue weighted by molar-refractivity contribution is 7.11. The Morgan fingerprint density at radius 2 is 1.86 bits per heavy atom. The van der Waals surface area contributed by atoms with E-state index in [0.29, 0.717) is 12.8 Å². The number of carbonyl (C=O) groups is 1. The second kappa shape index (κ2) is 6.87. The number of hydrogen-bond donors (Lipinski definition) is 0. The molecule has 2 aliphatic rings. The van der Waals surface area contributed by atoms with E-state index in [4.69, 9.17) is 21.1 Å². The second-order valence-corrected chi connectivity index (χ2v) is 8.66. The van der Waals surface area contributed by atoms with E-state index in [9.17, 15) is 4.79 Å². The molecule has 2 heterocycles. The number of nitrogens with zero attached hydrogens (tertiary/aromatic N) is 2. The van der Waals surface area contributed by atoms with E-state index in [2.05, 4.69) is 10.2 Å². The third-order valence-electron chi connectivity index (χ3n) is 5.33. The molecular weight excluding hydrogens is 396 g/mol. The summed E-state index contributed by atoms with van der Waals surface area (Å²) in [5.74, 6) is 1.64. The first kappa shape index (κ1) is 17.6. The molecule has 142 valence electrons. The van der Waals surface area contributed by atoms with E-state index in [0.717, 1.165) is 50.5 Å². The lowest BCUT2D eigenvalue weighted by molar-refractivity contribution is -0.120. The van der Waals surface area contributed by atoms with Gasteiger partial charge in [0.2, 0.25) is 6.79 Å². The first-order valence-electron chi connectivity index (χ1n) is 9.12. The Balaban J connectivity index is 1.31. The van der Waals surface area contributed by atoms with Crippen LogP contribution in [0, 0.1) is 0 Å². The Morgan fingerprint density at radius 3 is 2.68 bits per heavy atom. The molecule has 0 saturated heterocycles. The zero-order chi connectivity index (χ0) is 19.1. The van der Waals surface area contributed by atoms with Gasteiger partial charge in [-0.15, -0.1) is 21.5 Å². The van der Waals surface area contributed by atoms with Crippen LogP contribution < -0.4 is 9.47 Å². The Labute approximate surface area is 171 Å². The molecule has 0 spiro atoms. The van der Waals surface area contributed by atoms with Crippen LogP contribution in [0.25, 0.3) is 0 Å². The number of ketones is 1. The number of rotatable bonds is 6. The SMILES string of the molecule is O=C(Cc1nnc(Cc2ccccc2Cl)s1)C1(c2ccc3c(c2)OCO3)CC1. The Bertz CT molecular complexity index is 1060. The van der Waals surface area contributed by atoms with Gasteiger partial charge in [0.1, 0.15) is 15.8 Å². The fourth-order valence-electron chi connectivity index (χ4n) is 3.59. The molecule has 7 heteroatoms. The van der Waals surface area contributed by atoms with Gasteiger partial charge in [-0.05, 0) is 42.2 Å². The van der Waals surface area contributed by atoms with E-state index in [-0.39, 0.29) is 12.6 Å². The molecule has 0 amide bonds. The second-order valence-electron chi connectivity index (χ2n) is 7.11. The van der Waals surface area contributed by atoms with Crippen molar-refractivity contribution in [3.05, 3.63) is 68.6 Å². The molecule has 0 atom stereocenters. The molecule has 2 aromatic carbocycles. The van der Waals surface area contributed by atoms with E-state index in [1.807, 2.05) is 42.5 Å². The van der Waals surface area contributed by atoms with Gasteiger partial charge in [-0.1, -0.05) is 35.9 Å². The number of aromatic nitrogens is 2. The van der Waals surface area contributed by atoms with Gasteiger partial charge in [0.05, 0.1) is 11.8 Å². The summed E-state index contributed by atoms with van der Waals surface area (Å²) in [5.41, 5.74) is 1.59. The normalized spacial score (nSPS) is 16.2. The summed E-state index contributed by atoms with van der Waals surface area (Å²) in [6.45, 7) is 0.235. The van der Waals surface area contributed by atoms with Crippen LogP contribution in [0.1, 0.15) is 34.0 Å². The van der Waals surface area contributed by atoms with Gasteiger partial charge >= 0.3 is 0 Å². The number of hydrogen-bond acceptors (Lipinski definition) is 6. The molecule has 1 aliphatic heterocycles. The smallest absolute Gasteiger partial charge is 0.231 e. The van der Waals surface area contributed by atoms with Crippen LogP contribution in [0.3, 0.4) is 0 Å². The monoisotopic (exact) mass is 412 g/mol. The zero-order valence-corrected chi connectivity index (χ0v) is 16.6. The summed E-state index contributed by atoms with van der Waals surface area (Å²) < 4.78 is 10.8. The first-order valence-corrected chi connectivity index (χ1v) is 10.3. The molecule has 0 radical (unpaired) electrons. The van der Waals surface area contributed by atoms with Gasteiger partial charge in [-0.3, -0.25) is 4.79 Å². The highest BCUT2D eigenvalue weighted by Gasteiger charge is 2.51. The predicted molar refractivity (Wildman–Crippen MR) is 106 cm³/mol. The fourth-order valence-corrected chi connectivity index (χ4v) is 4.66. The topological polar surface area (TPSA) is 61.3 Å². The maximum Gasteiger partial charge on any atom is 0.231 e. The standard InChI is InChI=1S/C21H17ClN2O3S/c22-15-4-2-1-3-13(15)9-19-23-24-20(28-19)11-18(25)21(7-8-21)14-5-6-16-17(10-14)27-12-26-16/h1-6,10H,7-9,11-12H2. The van der Waals surface area contributed by atoms with Crippen LogP contribution in [0.15, 0.2) is 42.5 Å². The summed E-state index contributed by atoms with van der Waals surface area (Å²) >= 11 is 7.70. The summed E-state index contributed by atoms with van der Waals surface area (Å²) in [7, 11) is 0. The van der Waals surface area contributed by atoms with Crippen molar-refractivity contribution in [2.45, 2.75) is 31.1 Å². The van der Waals surface area contributed by atoms with E-state index < -0.39 is 5.41 Å². The van der Waals surface area contributed by atoms with Crippen LogP contribution >= 0.6 is 22.9 Å². The quantitative estimate of drug-likeness (QED) is 0.602. The Kier molecular flexibility index (Phi) is 4.33. The van der Waals surface area contributed by atoms with E-state index >= 15 is 0 Å². The predicted octanol–water partition coefficient (Wildman–Crippen LogP) is 4.35. The molecule has 5 rings (SSSR count). The molecule has 0 unspecified atom stereocenters. The Morgan fingerprint density at radius 1 is 1.07 bits per heavy atom. The van der Waals surface area contributed by atoms with E-state index in [1.54, 1.807) is 0 Å². The molecule has 28 heavy (non-hydrogen) atoms. The number of halogens is 1. The summed E-state index contributed by atoms with van der Waals surface area (Å²) in [4.78, 5) is 13.1. The highest BCUT2D eigenvalue weighted by Crippen LogP contribution is 2.51. The molecule has 0 bridgehead atoms. The zero-order valence-electron chi connectivity index (χ0n) is 15.0. The van der Waals surface area contributed by atoms with Crippen molar-refractivity contribution in [3.63, 3.8) is 0 Å². The summed E-state index contributed by atoms with van der Waals surface area (Å²) in [6.07, 6.45) is 2.64. The third-order valence-corrected chi connectivity index (χ3v) is 6.62. The number of carbonyl (C=O) groups excluding carboxylic acids is 1. The van der Waals surface area contributed by atoms with Crippen molar-refractivity contribution >= 4 is 28.7 Å². The van der Waals surface area contributed by atoms with E-state index in [1.165, 1.54) is 11.3 Å². The average Bonchev–Trinajstić information content (AvgIpc) is 3.18. The lowest BCUT2D eigenvalue weighted by atomic mass is 9.89. The van der Waals surface area contributed by atoms with Gasteiger partial charge in [0, 0.05) is 11.4 Å². The fraction of sp³-hybridized carbons (Fsp3) is 0.286. The molecular formula is C21H17ClN2O3S. The van der Waals surface area contributed by atoms with Crippen molar-refractivity contribution in [1.29, 1.82) is 0 Å². The van der Waals surface area contributed by atoms with Gasteiger partial charge in [0.15, 0.2) is 11.5 Å². The molecule has 1 aromatic heterocycles. The molecule has 1 fully saturated rings. The lowest BCUT2D eigenvalue weighted by Crippen LogP contribution is -2.22. The van der Waals surface area contributed by atoms with Crippen molar-refractivity contribution in [3.8, 4) is 11.5 Å². The van der Waals surface area contributed by atoms with Gasteiger partial charge < -0.3 is 9.47 Å². The van der Waals surface area contributed by atoms with Gasteiger partial charge in [0.25, 0.3) is 0 Å². The van der Waals surface area contributed by atoms with Crippen LogP contribution in [-0.2, 0) is 23.1 Å². The molecule has 1 saturated carbocycles. The Hall–Kier alpha value is -2.44. The number of ether oxygens (including phenoxy) is 2. The number of benzene rings is 2. The summed E-state index contributed by atoms with van der Waals surface area (Å²) in [5, 5.41) is 10.8. The average molecular weight is 413 g/mol. The van der Waals surface area contributed by atoms with Crippen LogP contribution in [-0.4, -0.2) is 22.8 Å². The number of fused-ring (bicyclic) bond motifs is 1. The van der Waals surface area contributed by atoms with Crippen LogP contribution in [0.2, 0.25) is 5.02 Å².